The largest absolute Gasteiger partial charge is 0.322 e. The zero-order chi connectivity index (χ0) is 23.9. The molecule has 0 spiro atoms. The van der Waals surface area contributed by atoms with Crippen LogP contribution in [0, 0.1) is 13.8 Å². The van der Waals surface area contributed by atoms with Gasteiger partial charge in [-0.05, 0) is 74.0 Å². The Balaban J connectivity index is 1.22. The van der Waals surface area contributed by atoms with Gasteiger partial charge in [0.15, 0.2) is 5.82 Å². The molecule has 0 fully saturated rings. The maximum atomic E-state index is 13.0. The molecule has 6 nitrogen and oxygen atoms in total. The highest BCUT2D eigenvalue weighted by molar-refractivity contribution is 7.21. The van der Waals surface area contributed by atoms with Crippen molar-refractivity contribution in [3.63, 3.8) is 0 Å². The number of thiazole rings is 1. The third-order valence-electron chi connectivity index (χ3n) is 5.99. The number of fused-ring (bicyclic) bond motifs is 2. The number of carbonyl (C=O) groups is 1. The Morgan fingerprint density at radius 2 is 1.71 bits per heavy atom. The van der Waals surface area contributed by atoms with Crippen LogP contribution in [0.4, 0.5) is 5.69 Å². The molecule has 7 heteroatoms. The number of para-hydroxylation sites is 1. The second-order valence-corrected chi connectivity index (χ2v) is 9.47. The molecule has 0 unspecified atom stereocenters. The summed E-state index contributed by atoms with van der Waals surface area (Å²) in [6.07, 6.45) is 1.58. The van der Waals surface area contributed by atoms with Crippen molar-refractivity contribution in [3.05, 3.63) is 102 Å². The molecule has 0 aliphatic rings. The van der Waals surface area contributed by atoms with Gasteiger partial charge in [-0.1, -0.05) is 24.3 Å². The molecule has 6 rings (SSSR count). The second kappa shape index (κ2) is 8.45. The quantitative estimate of drug-likeness (QED) is 0.313. The normalized spacial score (nSPS) is 11.3. The van der Waals surface area contributed by atoms with Crippen molar-refractivity contribution >= 4 is 44.1 Å². The van der Waals surface area contributed by atoms with Crippen molar-refractivity contribution in [2.75, 3.05) is 5.32 Å². The average molecular weight is 476 g/mol. The first-order valence-electron chi connectivity index (χ1n) is 11.2. The molecule has 1 N–H and O–H groups in total. The molecular weight excluding hydrogens is 454 g/mol. The molecule has 6 aromatic rings. The van der Waals surface area contributed by atoms with Gasteiger partial charge in [-0.2, -0.15) is 5.10 Å². The van der Waals surface area contributed by atoms with Crippen LogP contribution in [0.1, 0.15) is 21.6 Å². The van der Waals surface area contributed by atoms with Gasteiger partial charge < -0.3 is 5.32 Å². The molecule has 0 radical (unpaired) electrons. The van der Waals surface area contributed by atoms with E-state index in [9.17, 15) is 4.79 Å². The minimum Gasteiger partial charge on any atom is -0.322 e. The zero-order valence-electron chi connectivity index (χ0n) is 19.2. The number of aromatic nitrogens is 4. The summed E-state index contributed by atoms with van der Waals surface area (Å²) in [6.45, 7) is 3.96. The number of nitrogens with zero attached hydrogens (tertiary/aromatic N) is 4. The van der Waals surface area contributed by atoms with Crippen molar-refractivity contribution in [2.45, 2.75) is 13.8 Å². The Kier molecular flexibility index (Phi) is 5.12. The van der Waals surface area contributed by atoms with Crippen LogP contribution < -0.4 is 5.32 Å². The summed E-state index contributed by atoms with van der Waals surface area (Å²) >= 11 is 1.67. The van der Waals surface area contributed by atoms with E-state index in [2.05, 4.69) is 40.5 Å². The Morgan fingerprint density at radius 3 is 2.57 bits per heavy atom. The molecule has 0 atom stereocenters. The van der Waals surface area contributed by atoms with Gasteiger partial charge >= 0.3 is 0 Å². The van der Waals surface area contributed by atoms with Gasteiger partial charge in [0.05, 0.1) is 33.2 Å². The van der Waals surface area contributed by atoms with Gasteiger partial charge in [0.2, 0.25) is 0 Å². The van der Waals surface area contributed by atoms with E-state index in [4.69, 9.17) is 4.98 Å². The summed E-state index contributed by atoms with van der Waals surface area (Å²) < 4.78 is 2.87. The van der Waals surface area contributed by atoms with Crippen LogP contribution in [0.2, 0.25) is 0 Å². The van der Waals surface area contributed by atoms with Crippen LogP contribution in [-0.2, 0) is 0 Å². The van der Waals surface area contributed by atoms with Crippen molar-refractivity contribution in [1.29, 1.82) is 0 Å². The van der Waals surface area contributed by atoms with Crippen LogP contribution in [-0.4, -0.2) is 25.7 Å². The smallest absolute Gasteiger partial charge is 0.259 e. The zero-order valence-corrected chi connectivity index (χ0v) is 20.0. The summed E-state index contributed by atoms with van der Waals surface area (Å²) in [5.41, 5.74) is 6.08. The van der Waals surface area contributed by atoms with Crippen molar-refractivity contribution < 1.29 is 4.79 Å². The molecule has 170 valence electrons. The van der Waals surface area contributed by atoms with Crippen LogP contribution in [0.15, 0.2) is 85.1 Å². The third-order valence-corrected chi connectivity index (χ3v) is 7.06. The summed E-state index contributed by atoms with van der Waals surface area (Å²) in [6, 6.07) is 25.9. The minimum absolute atomic E-state index is 0.210. The summed E-state index contributed by atoms with van der Waals surface area (Å²) in [5, 5.41) is 9.42. The van der Waals surface area contributed by atoms with Gasteiger partial charge in [0.25, 0.3) is 5.91 Å². The van der Waals surface area contributed by atoms with E-state index >= 15 is 0 Å². The monoisotopic (exact) mass is 475 g/mol. The number of carbonyl (C=O) groups excluding carboxylic acids is 1. The third kappa shape index (κ3) is 3.96. The maximum absolute atomic E-state index is 13.0. The van der Waals surface area contributed by atoms with Crippen LogP contribution in [0.3, 0.4) is 0 Å². The number of hydrogen-bond donors (Lipinski definition) is 1. The fourth-order valence-corrected chi connectivity index (χ4v) is 5.16. The standard InChI is InChI=1S/C28H21N5OS/c1-17-7-13-24-25(15-17)35-28(32-24)20-8-11-21(12-9-20)30-27(34)22-16-29-33(18(22)2)26-14-10-19-5-3-4-6-23(19)31-26/h3-16H,1-2H3,(H,30,34). The van der Waals surface area contributed by atoms with Gasteiger partial charge in [-0.3, -0.25) is 4.79 Å². The van der Waals surface area contributed by atoms with E-state index in [1.54, 1.807) is 22.2 Å². The average Bonchev–Trinajstić information content (AvgIpc) is 3.47. The molecule has 3 aromatic heterocycles. The number of aryl methyl sites for hydroxylation is 1. The molecule has 3 aromatic carbocycles. The predicted molar refractivity (Wildman–Crippen MR) is 141 cm³/mol. The summed E-state index contributed by atoms with van der Waals surface area (Å²) in [5.74, 6) is 0.466. The van der Waals surface area contributed by atoms with Gasteiger partial charge in [-0.25, -0.2) is 14.6 Å². The lowest BCUT2D eigenvalue weighted by Gasteiger charge is -2.07. The Labute approximate surface area is 205 Å². The molecule has 1 amide bonds. The number of anilines is 1. The molecule has 3 heterocycles. The number of pyridine rings is 1. The first-order valence-corrected chi connectivity index (χ1v) is 12.1. The lowest BCUT2D eigenvalue weighted by Crippen LogP contribution is -2.13. The molecule has 0 aliphatic heterocycles. The summed E-state index contributed by atoms with van der Waals surface area (Å²) in [7, 11) is 0. The number of rotatable bonds is 4. The predicted octanol–water partition coefficient (Wildman–Crippen LogP) is 6.57. The number of hydrogen-bond acceptors (Lipinski definition) is 5. The first-order chi connectivity index (χ1) is 17.0. The van der Waals surface area contributed by atoms with E-state index in [-0.39, 0.29) is 5.91 Å². The summed E-state index contributed by atoms with van der Waals surface area (Å²) in [4.78, 5) is 22.4. The van der Waals surface area contributed by atoms with Crippen LogP contribution in [0.25, 0.3) is 37.5 Å². The minimum atomic E-state index is -0.210. The first kappa shape index (κ1) is 21.2. The molecule has 0 aliphatic carbocycles. The van der Waals surface area contributed by atoms with Crippen molar-refractivity contribution in [2.24, 2.45) is 0 Å². The van der Waals surface area contributed by atoms with Crippen LogP contribution in [0.5, 0.6) is 0 Å². The number of benzene rings is 3. The highest BCUT2D eigenvalue weighted by Gasteiger charge is 2.16. The molecule has 35 heavy (non-hydrogen) atoms. The Bertz CT molecular complexity index is 1720. The van der Waals surface area contributed by atoms with E-state index < -0.39 is 0 Å². The molecule has 0 saturated carbocycles. The van der Waals surface area contributed by atoms with Gasteiger partial charge in [0, 0.05) is 16.6 Å². The van der Waals surface area contributed by atoms with Crippen molar-refractivity contribution in [1.82, 2.24) is 19.7 Å². The highest BCUT2D eigenvalue weighted by Crippen LogP contribution is 2.31. The second-order valence-electron chi connectivity index (χ2n) is 8.44. The van der Waals surface area contributed by atoms with E-state index in [1.165, 1.54) is 10.3 Å². The fraction of sp³-hybridized carbons (Fsp3) is 0.0714. The fourth-order valence-electron chi connectivity index (χ4n) is 4.09. The highest BCUT2D eigenvalue weighted by atomic mass is 32.1. The maximum Gasteiger partial charge on any atom is 0.259 e. The van der Waals surface area contributed by atoms with Crippen molar-refractivity contribution in [3.8, 4) is 16.4 Å². The number of amides is 1. The Hall–Kier alpha value is -4.36. The lowest BCUT2D eigenvalue weighted by molar-refractivity contribution is 0.102. The van der Waals surface area contributed by atoms with Gasteiger partial charge in [-0.15, -0.1) is 11.3 Å². The SMILES string of the molecule is Cc1ccc2nc(-c3ccc(NC(=O)c4cnn(-c5ccc6ccccc6n5)c4C)cc3)sc2c1. The van der Waals surface area contributed by atoms with E-state index in [1.807, 2.05) is 67.6 Å². The van der Waals surface area contributed by atoms with E-state index in [0.29, 0.717) is 17.1 Å². The van der Waals surface area contributed by atoms with E-state index in [0.717, 1.165) is 32.7 Å². The molecule has 0 bridgehead atoms. The van der Waals surface area contributed by atoms with Crippen LogP contribution >= 0.6 is 11.3 Å². The Morgan fingerprint density at radius 1 is 0.886 bits per heavy atom. The lowest BCUT2D eigenvalue weighted by atomic mass is 10.2. The molecular formula is C28H21N5OS. The topological polar surface area (TPSA) is 72.7 Å². The number of nitrogens with one attached hydrogen (secondary N) is 1. The van der Waals surface area contributed by atoms with Gasteiger partial charge in [0.1, 0.15) is 5.01 Å². The molecule has 0 saturated heterocycles.